The molecule has 2 saturated heterocycles. The number of hydrogen-bond donors (Lipinski definition) is 1. The van der Waals surface area contributed by atoms with Crippen LogP contribution in [0.4, 0.5) is 5.69 Å². The summed E-state index contributed by atoms with van der Waals surface area (Å²) in [5.74, 6) is -0.111. The molecular weight excluding hydrogens is 350 g/mol. The zero-order valence-corrected chi connectivity index (χ0v) is 16.7. The highest BCUT2D eigenvalue weighted by atomic mass is 35.5. The minimum absolute atomic E-state index is 0. The van der Waals surface area contributed by atoms with Crippen LogP contribution in [0, 0.1) is 11.3 Å². The topological polar surface area (TPSA) is 66.6 Å². The van der Waals surface area contributed by atoms with Gasteiger partial charge in [-0.3, -0.25) is 9.59 Å². The lowest BCUT2D eigenvalue weighted by atomic mass is 9.79. The number of hydrogen-bond acceptors (Lipinski definition) is 3. The number of halogens is 1. The summed E-state index contributed by atoms with van der Waals surface area (Å²) < 4.78 is 0. The average molecular weight is 380 g/mol. The molecule has 2 aliphatic rings. The normalized spacial score (nSPS) is 25.2. The zero-order chi connectivity index (χ0) is 18.2. The van der Waals surface area contributed by atoms with E-state index in [1.165, 1.54) is 5.56 Å². The van der Waals surface area contributed by atoms with Gasteiger partial charge >= 0.3 is 0 Å². The molecule has 3 rings (SSSR count). The molecule has 6 heteroatoms. The van der Waals surface area contributed by atoms with Crippen molar-refractivity contribution in [3.05, 3.63) is 29.8 Å². The van der Waals surface area contributed by atoms with Gasteiger partial charge in [0.05, 0.1) is 5.92 Å². The van der Waals surface area contributed by atoms with Crippen molar-refractivity contribution in [3.63, 3.8) is 0 Å². The summed E-state index contributed by atoms with van der Waals surface area (Å²) in [4.78, 5) is 29.0. The number of carbonyl (C=O) groups is 2. The Morgan fingerprint density at radius 2 is 1.92 bits per heavy atom. The van der Waals surface area contributed by atoms with Gasteiger partial charge in [-0.15, -0.1) is 12.4 Å². The van der Waals surface area contributed by atoms with E-state index in [4.69, 9.17) is 5.73 Å². The first-order valence-corrected chi connectivity index (χ1v) is 9.25. The Labute approximate surface area is 162 Å². The lowest BCUT2D eigenvalue weighted by Crippen LogP contribution is -2.55. The fourth-order valence-corrected chi connectivity index (χ4v) is 3.85. The molecule has 2 amide bonds. The van der Waals surface area contributed by atoms with E-state index in [9.17, 15) is 9.59 Å². The molecule has 144 valence electrons. The van der Waals surface area contributed by atoms with Crippen LogP contribution in [0.15, 0.2) is 24.3 Å². The van der Waals surface area contributed by atoms with Gasteiger partial charge < -0.3 is 15.5 Å². The zero-order valence-electron chi connectivity index (χ0n) is 15.9. The predicted molar refractivity (Wildman–Crippen MR) is 106 cm³/mol. The lowest BCUT2D eigenvalue weighted by Gasteiger charge is -2.43. The molecule has 0 aliphatic carbocycles. The minimum Gasteiger partial charge on any atom is -0.342 e. The van der Waals surface area contributed by atoms with Crippen molar-refractivity contribution in [2.75, 3.05) is 24.5 Å². The van der Waals surface area contributed by atoms with Gasteiger partial charge in [-0.2, -0.15) is 0 Å². The van der Waals surface area contributed by atoms with Crippen LogP contribution in [-0.4, -0.2) is 42.4 Å². The molecule has 5 nitrogen and oxygen atoms in total. The number of amides is 2. The van der Waals surface area contributed by atoms with Crippen molar-refractivity contribution < 1.29 is 9.59 Å². The van der Waals surface area contributed by atoms with E-state index < -0.39 is 0 Å². The van der Waals surface area contributed by atoms with Crippen molar-refractivity contribution in [2.45, 2.75) is 46.1 Å². The second-order valence-corrected chi connectivity index (χ2v) is 8.07. The van der Waals surface area contributed by atoms with Gasteiger partial charge in [0.15, 0.2) is 0 Å². The summed E-state index contributed by atoms with van der Waals surface area (Å²) in [5, 5.41) is 0. The molecule has 2 unspecified atom stereocenters. The summed E-state index contributed by atoms with van der Waals surface area (Å²) in [5.41, 5.74) is 8.23. The Morgan fingerprint density at radius 3 is 2.50 bits per heavy atom. The van der Waals surface area contributed by atoms with Crippen LogP contribution >= 0.6 is 12.4 Å². The first-order valence-electron chi connectivity index (χ1n) is 9.25. The van der Waals surface area contributed by atoms with Crippen LogP contribution in [0.2, 0.25) is 0 Å². The van der Waals surface area contributed by atoms with Crippen molar-refractivity contribution in [2.24, 2.45) is 17.1 Å². The third-order valence-corrected chi connectivity index (χ3v) is 5.75. The Morgan fingerprint density at radius 1 is 1.27 bits per heavy atom. The van der Waals surface area contributed by atoms with E-state index in [-0.39, 0.29) is 41.6 Å². The van der Waals surface area contributed by atoms with Crippen molar-refractivity contribution in [1.29, 1.82) is 0 Å². The molecule has 0 radical (unpaired) electrons. The Kier molecular flexibility index (Phi) is 6.35. The van der Waals surface area contributed by atoms with E-state index in [0.717, 1.165) is 18.5 Å². The highest BCUT2D eigenvalue weighted by Gasteiger charge is 2.41. The fraction of sp³-hybridized carbons (Fsp3) is 0.600. The number of likely N-dealkylation sites (tertiary alicyclic amines) is 1. The summed E-state index contributed by atoms with van der Waals surface area (Å²) in [6.45, 7) is 8.17. The molecule has 1 aromatic rings. The number of nitrogens with zero attached hydrogens (tertiary/aromatic N) is 2. The van der Waals surface area contributed by atoms with Crippen molar-refractivity contribution >= 4 is 29.9 Å². The van der Waals surface area contributed by atoms with Crippen molar-refractivity contribution in [1.82, 2.24) is 4.90 Å². The average Bonchev–Trinajstić information content (AvgIpc) is 2.98. The molecule has 26 heavy (non-hydrogen) atoms. The van der Waals surface area contributed by atoms with Crippen molar-refractivity contribution in [3.8, 4) is 0 Å². The number of benzene rings is 1. The number of carbonyl (C=O) groups excluding carboxylic acids is 2. The van der Waals surface area contributed by atoms with Gasteiger partial charge in [0.25, 0.3) is 0 Å². The third kappa shape index (κ3) is 4.04. The molecule has 0 spiro atoms. The molecule has 2 aliphatic heterocycles. The van der Waals surface area contributed by atoms with E-state index in [2.05, 4.69) is 20.8 Å². The highest BCUT2D eigenvalue weighted by Crippen LogP contribution is 2.31. The quantitative estimate of drug-likeness (QED) is 0.877. The van der Waals surface area contributed by atoms with E-state index in [1.807, 2.05) is 29.2 Å². The maximum absolute atomic E-state index is 12.9. The molecule has 1 aromatic carbocycles. The SMILES string of the molecule is CCc1ccc(N2CC(C(=O)N3CCC(N)C(C)(C)C3)CC2=O)cc1.Cl. The maximum atomic E-state index is 12.9. The van der Waals surface area contributed by atoms with Crippen LogP contribution in [-0.2, 0) is 16.0 Å². The smallest absolute Gasteiger partial charge is 0.228 e. The Bertz CT molecular complexity index is 660. The Balaban J connectivity index is 0.00000243. The van der Waals surface area contributed by atoms with Gasteiger partial charge in [0.1, 0.15) is 0 Å². The Hall–Kier alpha value is -1.59. The van der Waals surface area contributed by atoms with E-state index in [1.54, 1.807) is 4.90 Å². The standard InChI is InChI=1S/C20H29N3O2.ClH/c1-4-14-5-7-16(8-6-14)23-12-15(11-18(23)24)19(25)22-10-9-17(21)20(2,3)13-22;/h5-8,15,17H,4,9-13,21H2,1-3H3;1H. The van der Waals surface area contributed by atoms with E-state index in [0.29, 0.717) is 26.1 Å². The molecule has 0 saturated carbocycles. The molecule has 0 aromatic heterocycles. The third-order valence-electron chi connectivity index (χ3n) is 5.75. The molecule has 2 fully saturated rings. The molecule has 0 bridgehead atoms. The predicted octanol–water partition coefficient (Wildman–Crippen LogP) is 2.61. The van der Waals surface area contributed by atoms with E-state index >= 15 is 0 Å². The summed E-state index contributed by atoms with van der Waals surface area (Å²) >= 11 is 0. The molecular formula is C20H30ClN3O2. The van der Waals surface area contributed by atoms with Crippen LogP contribution in [0.3, 0.4) is 0 Å². The second kappa shape index (κ2) is 7.97. The monoisotopic (exact) mass is 379 g/mol. The molecule has 2 heterocycles. The summed E-state index contributed by atoms with van der Waals surface area (Å²) in [6, 6.07) is 8.17. The summed E-state index contributed by atoms with van der Waals surface area (Å²) in [6.07, 6.45) is 2.10. The highest BCUT2D eigenvalue weighted by molar-refractivity contribution is 6.00. The van der Waals surface area contributed by atoms with Gasteiger partial charge in [0.2, 0.25) is 11.8 Å². The van der Waals surface area contributed by atoms with Crippen LogP contribution in [0.5, 0.6) is 0 Å². The number of anilines is 1. The largest absolute Gasteiger partial charge is 0.342 e. The van der Waals surface area contributed by atoms with Crippen LogP contribution in [0.25, 0.3) is 0 Å². The first-order chi connectivity index (χ1) is 11.8. The number of nitrogens with two attached hydrogens (primary N) is 1. The first kappa shape index (κ1) is 20.7. The van der Waals surface area contributed by atoms with Gasteiger partial charge in [-0.1, -0.05) is 32.9 Å². The van der Waals surface area contributed by atoms with Crippen LogP contribution < -0.4 is 10.6 Å². The van der Waals surface area contributed by atoms with Crippen LogP contribution in [0.1, 0.15) is 39.2 Å². The second-order valence-electron chi connectivity index (χ2n) is 8.07. The number of aryl methyl sites for hydroxylation is 1. The number of piperidine rings is 1. The summed E-state index contributed by atoms with van der Waals surface area (Å²) in [7, 11) is 0. The fourth-order valence-electron chi connectivity index (χ4n) is 3.85. The van der Waals surface area contributed by atoms with Gasteiger partial charge in [-0.25, -0.2) is 0 Å². The molecule has 2 N–H and O–H groups in total. The minimum atomic E-state index is -0.247. The maximum Gasteiger partial charge on any atom is 0.228 e. The lowest BCUT2D eigenvalue weighted by molar-refractivity contribution is -0.139. The van der Waals surface area contributed by atoms with Gasteiger partial charge in [0, 0.05) is 37.8 Å². The molecule has 2 atom stereocenters. The van der Waals surface area contributed by atoms with Gasteiger partial charge in [-0.05, 0) is 36.0 Å². The number of rotatable bonds is 3.